The molecular weight excluding hydrogens is 369 g/mol. The Balaban J connectivity index is 2.04. The molecular formula is C17H13Cl2NO3S. The fourth-order valence-electron chi connectivity index (χ4n) is 2.27. The zero-order valence-corrected chi connectivity index (χ0v) is 14.9. The average Bonchev–Trinajstić information content (AvgIpc) is 2.58. The van der Waals surface area contributed by atoms with Gasteiger partial charge >= 0.3 is 0 Å². The van der Waals surface area contributed by atoms with Crippen LogP contribution in [0.15, 0.2) is 59.5 Å². The van der Waals surface area contributed by atoms with Gasteiger partial charge in [0.15, 0.2) is 0 Å². The molecule has 4 nitrogen and oxygen atoms in total. The maximum absolute atomic E-state index is 11.9. The van der Waals surface area contributed by atoms with Crippen LogP contribution < -0.4 is 9.46 Å². The lowest BCUT2D eigenvalue weighted by Crippen LogP contribution is -2.18. The predicted molar refractivity (Wildman–Crippen MR) is 96.7 cm³/mol. The van der Waals surface area contributed by atoms with E-state index in [0.29, 0.717) is 21.5 Å². The van der Waals surface area contributed by atoms with Gasteiger partial charge in [0.05, 0.1) is 14.9 Å². The van der Waals surface area contributed by atoms with E-state index in [9.17, 15) is 8.42 Å². The van der Waals surface area contributed by atoms with Crippen LogP contribution in [-0.2, 0) is 10.0 Å². The Bertz CT molecular complexity index is 1020. The Hall–Kier alpha value is -1.79. The first-order valence-corrected chi connectivity index (χ1v) is 9.24. The van der Waals surface area contributed by atoms with Gasteiger partial charge in [0.25, 0.3) is 0 Å². The molecule has 3 aromatic rings. The summed E-state index contributed by atoms with van der Waals surface area (Å²) in [7, 11) is -2.12. The van der Waals surface area contributed by atoms with Gasteiger partial charge in [-0.2, -0.15) is 0 Å². The van der Waals surface area contributed by atoms with Crippen molar-refractivity contribution in [1.82, 2.24) is 4.72 Å². The highest BCUT2D eigenvalue weighted by Gasteiger charge is 2.13. The third kappa shape index (κ3) is 3.35. The first-order chi connectivity index (χ1) is 11.4. The van der Waals surface area contributed by atoms with E-state index >= 15 is 0 Å². The highest BCUT2D eigenvalue weighted by Crippen LogP contribution is 2.33. The maximum Gasteiger partial charge on any atom is 0.240 e. The second-order valence-electron chi connectivity index (χ2n) is 5.02. The fourth-order valence-corrected chi connectivity index (χ4v) is 3.33. The summed E-state index contributed by atoms with van der Waals surface area (Å²) in [6, 6.07) is 15.3. The zero-order valence-electron chi connectivity index (χ0n) is 12.6. The molecule has 0 aliphatic heterocycles. The summed E-state index contributed by atoms with van der Waals surface area (Å²) in [4.78, 5) is 0.198. The minimum atomic E-state index is -3.49. The van der Waals surface area contributed by atoms with Crippen molar-refractivity contribution in [3.05, 3.63) is 64.6 Å². The highest BCUT2D eigenvalue weighted by atomic mass is 35.5. The van der Waals surface area contributed by atoms with Crippen LogP contribution in [0, 0.1) is 0 Å². The Morgan fingerprint density at radius 2 is 1.75 bits per heavy atom. The summed E-state index contributed by atoms with van der Waals surface area (Å²) >= 11 is 11.9. The van der Waals surface area contributed by atoms with Crippen LogP contribution >= 0.6 is 23.2 Å². The molecule has 0 atom stereocenters. The SMILES string of the molecule is CNS(=O)(=O)c1ccc2c(Oc3ccc(Cl)c(Cl)c3)cccc2c1. The van der Waals surface area contributed by atoms with Crippen molar-refractivity contribution in [3.63, 3.8) is 0 Å². The minimum Gasteiger partial charge on any atom is -0.457 e. The van der Waals surface area contributed by atoms with Crippen LogP contribution in [0.3, 0.4) is 0 Å². The molecule has 0 spiro atoms. The molecule has 0 unspecified atom stereocenters. The molecule has 0 aliphatic rings. The summed E-state index contributed by atoms with van der Waals surface area (Å²) in [5.41, 5.74) is 0. The third-order valence-corrected chi connectivity index (χ3v) is 5.66. The zero-order chi connectivity index (χ0) is 17.3. The van der Waals surface area contributed by atoms with E-state index in [2.05, 4.69) is 4.72 Å². The van der Waals surface area contributed by atoms with Gasteiger partial charge in [-0.15, -0.1) is 0 Å². The highest BCUT2D eigenvalue weighted by molar-refractivity contribution is 7.89. The van der Waals surface area contributed by atoms with Crippen LogP contribution in [0.5, 0.6) is 11.5 Å². The van der Waals surface area contributed by atoms with Gasteiger partial charge in [-0.05, 0) is 48.8 Å². The first kappa shape index (κ1) is 17.0. The standard InChI is InChI=1S/C17H13Cl2NO3S/c1-20-24(21,22)13-6-7-14-11(9-13)3-2-4-17(14)23-12-5-8-15(18)16(19)10-12/h2-10,20H,1H3. The van der Waals surface area contributed by atoms with Crippen molar-refractivity contribution in [2.45, 2.75) is 4.90 Å². The molecule has 0 aromatic heterocycles. The van der Waals surface area contributed by atoms with E-state index in [1.165, 1.54) is 13.1 Å². The molecule has 0 radical (unpaired) electrons. The van der Waals surface area contributed by atoms with Crippen molar-refractivity contribution in [2.75, 3.05) is 7.05 Å². The van der Waals surface area contributed by atoms with Crippen LogP contribution in [0.2, 0.25) is 10.0 Å². The normalized spacial score (nSPS) is 11.6. The van der Waals surface area contributed by atoms with Gasteiger partial charge in [-0.25, -0.2) is 13.1 Å². The maximum atomic E-state index is 11.9. The van der Waals surface area contributed by atoms with Gasteiger partial charge in [0.1, 0.15) is 11.5 Å². The van der Waals surface area contributed by atoms with Crippen molar-refractivity contribution >= 4 is 44.0 Å². The largest absolute Gasteiger partial charge is 0.457 e. The molecule has 0 saturated carbocycles. The van der Waals surface area contributed by atoms with Crippen molar-refractivity contribution < 1.29 is 13.2 Å². The summed E-state index contributed by atoms with van der Waals surface area (Å²) < 4.78 is 32.0. The molecule has 1 N–H and O–H groups in total. The number of halogens is 2. The van der Waals surface area contributed by atoms with Gasteiger partial charge in [-0.3, -0.25) is 0 Å². The lowest BCUT2D eigenvalue weighted by atomic mass is 10.1. The van der Waals surface area contributed by atoms with Crippen LogP contribution in [0.25, 0.3) is 10.8 Å². The lowest BCUT2D eigenvalue weighted by Gasteiger charge is -2.11. The van der Waals surface area contributed by atoms with E-state index in [1.807, 2.05) is 6.07 Å². The van der Waals surface area contributed by atoms with E-state index in [0.717, 1.165) is 10.8 Å². The second-order valence-corrected chi connectivity index (χ2v) is 7.73. The number of benzene rings is 3. The van der Waals surface area contributed by atoms with E-state index in [-0.39, 0.29) is 4.90 Å². The molecule has 0 saturated heterocycles. The van der Waals surface area contributed by atoms with Crippen LogP contribution in [0.1, 0.15) is 0 Å². The molecule has 124 valence electrons. The molecule has 3 rings (SSSR count). The molecule has 0 heterocycles. The summed E-state index contributed by atoms with van der Waals surface area (Å²) in [5.74, 6) is 1.14. The van der Waals surface area contributed by atoms with E-state index in [4.69, 9.17) is 27.9 Å². The molecule has 7 heteroatoms. The van der Waals surface area contributed by atoms with Crippen molar-refractivity contribution in [3.8, 4) is 11.5 Å². The minimum absolute atomic E-state index is 0.198. The van der Waals surface area contributed by atoms with Gasteiger partial charge in [-0.1, -0.05) is 35.3 Å². The van der Waals surface area contributed by atoms with Gasteiger partial charge in [0, 0.05) is 11.5 Å². The Morgan fingerprint density at radius 3 is 2.46 bits per heavy atom. The summed E-state index contributed by atoms with van der Waals surface area (Å²) in [6.07, 6.45) is 0. The number of hydrogen-bond acceptors (Lipinski definition) is 3. The predicted octanol–water partition coefficient (Wildman–Crippen LogP) is 4.85. The van der Waals surface area contributed by atoms with Gasteiger partial charge < -0.3 is 4.74 Å². The quantitative estimate of drug-likeness (QED) is 0.702. The summed E-state index contributed by atoms with van der Waals surface area (Å²) in [5, 5.41) is 2.39. The molecule has 0 bridgehead atoms. The number of nitrogens with one attached hydrogen (secondary N) is 1. The number of ether oxygens (including phenoxy) is 1. The van der Waals surface area contributed by atoms with Crippen molar-refractivity contribution in [1.29, 1.82) is 0 Å². The molecule has 0 aliphatic carbocycles. The van der Waals surface area contributed by atoms with Crippen LogP contribution in [0.4, 0.5) is 0 Å². The second kappa shape index (κ2) is 6.61. The number of hydrogen-bond donors (Lipinski definition) is 1. The third-order valence-electron chi connectivity index (χ3n) is 3.51. The van der Waals surface area contributed by atoms with Crippen molar-refractivity contribution in [2.24, 2.45) is 0 Å². The van der Waals surface area contributed by atoms with E-state index in [1.54, 1.807) is 42.5 Å². The Kier molecular flexibility index (Phi) is 4.69. The molecule has 3 aromatic carbocycles. The number of fused-ring (bicyclic) bond motifs is 1. The number of sulfonamides is 1. The average molecular weight is 382 g/mol. The smallest absolute Gasteiger partial charge is 0.240 e. The monoisotopic (exact) mass is 381 g/mol. The molecule has 0 amide bonds. The molecule has 24 heavy (non-hydrogen) atoms. The van der Waals surface area contributed by atoms with Crippen LogP contribution in [-0.4, -0.2) is 15.5 Å². The Labute approximate surface area is 150 Å². The first-order valence-electron chi connectivity index (χ1n) is 7.00. The Morgan fingerprint density at radius 1 is 0.958 bits per heavy atom. The van der Waals surface area contributed by atoms with Gasteiger partial charge in [0.2, 0.25) is 10.0 Å². The topological polar surface area (TPSA) is 55.4 Å². The lowest BCUT2D eigenvalue weighted by molar-refractivity contribution is 0.488. The fraction of sp³-hybridized carbons (Fsp3) is 0.0588. The summed E-state index contributed by atoms with van der Waals surface area (Å²) in [6.45, 7) is 0. The van der Waals surface area contributed by atoms with E-state index < -0.39 is 10.0 Å². The molecule has 0 fully saturated rings. The number of rotatable bonds is 4.